The standard InChI is InChI=1S/C25H49N3O/c1-23(2,3)27-13-15-28(16-14-27)25(7,8)21-9-11-26(12-10-21)19-20-17-22(18-20)29-24(4,5)6/h20-22H,9-19H2,1-8H3. The predicted molar refractivity (Wildman–Crippen MR) is 123 cm³/mol. The van der Waals surface area contributed by atoms with Gasteiger partial charge in [0.05, 0.1) is 11.7 Å². The number of piperazine rings is 1. The van der Waals surface area contributed by atoms with Gasteiger partial charge in [0.1, 0.15) is 0 Å². The van der Waals surface area contributed by atoms with E-state index < -0.39 is 0 Å². The minimum Gasteiger partial charge on any atom is -0.373 e. The van der Waals surface area contributed by atoms with E-state index in [1.807, 2.05) is 0 Å². The van der Waals surface area contributed by atoms with Crippen molar-refractivity contribution in [2.24, 2.45) is 11.8 Å². The zero-order valence-corrected chi connectivity index (χ0v) is 20.8. The summed E-state index contributed by atoms with van der Waals surface area (Å²) in [6.45, 7) is 27.4. The van der Waals surface area contributed by atoms with E-state index in [0.29, 0.717) is 17.2 Å². The van der Waals surface area contributed by atoms with Crippen LogP contribution in [0.3, 0.4) is 0 Å². The van der Waals surface area contributed by atoms with Crippen molar-refractivity contribution in [1.29, 1.82) is 0 Å². The molecule has 0 bridgehead atoms. The molecule has 0 amide bonds. The number of hydrogen-bond donors (Lipinski definition) is 0. The molecule has 1 aliphatic carbocycles. The number of piperidine rings is 1. The molecule has 3 fully saturated rings. The molecule has 0 aromatic heterocycles. The van der Waals surface area contributed by atoms with Gasteiger partial charge >= 0.3 is 0 Å². The SMILES string of the molecule is CC(C)(C)OC1CC(CN2CCC(C(C)(C)N3CCN(C(C)(C)C)CC3)CC2)C1. The summed E-state index contributed by atoms with van der Waals surface area (Å²) in [5.41, 5.74) is 0.649. The Hall–Kier alpha value is -0.160. The van der Waals surface area contributed by atoms with E-state index in [4.69, 9.17) is 4.74 Å². The average molecular weight is 408 g/mol. The summed E-state index contributed by atoms with van der Waals surface area (Å²) in [6, 6.07) is 0. The molecule has 4 nitrogen and oxygen atoms in total. The van der Waals surface area contributed by atoms with Crippen molar-refractivity contribution in [3.63, 3.8) is 0 Å². The first-order valence-corrected chi connectivity index (χ1v) is 12.2. The van der Waals surface area contributed by atoms with Crippen molar-refractivity contribution in [2.45, 2.75) is 104 Å². The lowest BCUT2D eigenvalue weighted by Gasteiger charge is -2.52. The maximum absolute atomic E-state index is 6.12. The fourth-order valence-electron chi connectivity index (χ4n) is 5.82. The van der Waals surface area contributed by atoms with Crippen molar-refractivity contribution in [3.05, 3.63) is 0 Å². The maximum Gasteiger partial charge on any atom is 0.0602 e. The second kappa shape index (κ2) is 8.76. The normalized spacial score (nSPS) is 29.8. The van der Waals surface area contributed by atoms with Crippen LogP contribution in [-0.2, 0) is 4.74 Å². The molecule has 0 atom stereocenters. The second-order valence-corrected chi connectivity index (χ2v) is 12.6. The Morgan fingerprint density at radius 3 is 1.72 bits per heavy atom. The van der Waals surface area contributed by atoms with Gasteiger partial charge in [0.25, 0.3) is 0 Å². The third kappa shape index (κ3) is 6.18. The van der Waals surface area contributed by atoms with Crippen LogP contribution in [0.5, 0.6) is 0 Å². The van der Waals surface area contributed by atoms with Crippen LogP contribution in [0.1, 0.15) is 81.1 Å². The molecule has 2 aliphatic heterocycles. The lowest BCUT2D eigenvalue weighted by Crippen LogP contribution is -2.61. The van der Waals surface area contributed by atoms with Gasteiger partial charge < -0.3 is 9.64 Å². The first-order valence-electron chi connectivity index (χ1n) is 12.2. The molecule has 170 valence electrons. The minimum absolute atomic E-state index is 0.0118. The summed E-state index contributed by atoms with van der Waals surface area (Å²) in [5, 5.41) is 0. The summed E-state index contributed by atoms with van der Waals surface area (Å²) >= 11 is 0. The molecule has 3 rings (SSSR count). The Bertz CT molecular complexity index is 511. The topological polar surface area (TPSA) is 19.0 Å². The number of nitrogens with zero attached hydrogens (tertiary/aromatic N) is 3. The Labute approximate surface area is 181 Å². The second-order valence-electron chi connectivity index (χ2n) is 12.6. The zero-order chi connectivity index (χ0) is 21.4. The van der Waals surface area contributed by atoms with Crippen molar-refractivity contribution in [2.75, 3.05) is 45.8 Å². The quantitative estimate of drug-likeness (QED) is 0.668. The molecule has 0 aromatic rings. The molecule has 0 aromatic carbocycles. The molecule has 1 saturated carbocycles. The van der Waals surface area contributed by atoms with Crippen LogP contribution >= 0.6 is 0 Å². The molecule has 0 radical (unpaired) electrons. The van der Waals surface area contributed by atoms with Crippen LogP contribution in [0.25, 0.3) is 0 Å². The van der Waals surface area contributed by atoms with E-state index >= 15 is 0 Å². The highest BCUT2D eigenvalue weighted by Crippen LogP contribution is 2.37. The summed E-state index contributed by atoms with van der Waals surface area (Å²) in [7, 11) is 0. The maximum atomic E-state index is 6.12. The van der Waals surface area contributed by atoms with Gasteiger partial charge in [-0.3, -0.25) is 9.80 Å². The van der Waals surface area contributed by atoms with Crippen molar-refractivity contribution < 1.29 is 4.74 Å². The molecule has 2 heterocycles. The lowest BCUT2D eigenvalue weighted by molar-refractivity contribution is -0.116. The van der Waals surface area contributed by atoms with Crippen LogP contribution in [0.4, 0.5) is 0 Å². The minimum atomic E-state index is 0.0118. The predicted octanol–water partition coefficient (Wildman–Crippen LogP) is 4.49. The smallest absolute Gasteiger partial charge is 0.0602 e. The molecule has 2 saturated heterocycles. The summed E-state index contributed by atoms with van der Waals surface area (Å²) in [5.74, 6) is 1.69. The molecular weight excluding hydrogens is 358 g/mol. The van der Waals surface area contributed by atoms with Crippen LogP contribution in [0, 0.1) is 11.8 Å². The molecule has 29 heavy (non-hydrogen) atoms. The average Bonchev–Trinajstić information content (AvgIpc) is 2.58. The van der Waals surface area contributed by atoms with Gasteiger partial charge in [-0.1, -0.05) is 0 Å². The number of hydrogen-bond acceptors (Lipinski definition) is 4. The Balaban J connectivity index is 1.39. The Morgan fingerprint density at radius 1 is 0.724 bits per heavy atom. The summed E-state index contributed by atoms with van der Waals surface area (Å²) in [6.07, 6.45) is 5.76. The van der Waals surface area contributed by atoms with Gasteiger partial charge in [0.2, 0.25) is 0 Å². The van der Waals surface area contributed by atoms with Crippen molar-refractivity contribution in [1.82, 2.24) is 14.7 Å². The zero-order valence-electron chi connectivity index (χ0n) is 20.8. The van der Waals surface area contributed by atoms with E-state index in [0.717, 1.165) is 11.8 Å². The monoisotopic (exact) mass is 407 g/mol. The number of rotatable bonds is 5. The van der Waals surface area contributed by atoms with Crippen LogP contribution in [0.2, 0.25) is 0 Å². The van der Waals surface area contributed by atoms with E-state index in [1.54, 1.807) is 0 Å². The number of likely N-dealkylation sites (tertiary alicyclic amines) is 1. The first kappa shape index (κ1) is 23.5. The lowest BCUT2D eigenvalue weighted by atomic mass is 9.77. The highest BCUT2D eigenvalue weighted by atomic mass is 16.5. The van der Waals surface area contributed by atoms with Gasteiger partial charge in [-0.2, -0.15) is 0 Å². The fourth-order valence-corrected chi connectivity index (χ4v) is 5.82. The Kier molecular flexibility index (Phi) is 7.10. The highest BCUT2D eigenvalue weighted by molar-refractivity contribution is 4.95. The molecular formula is C25H49N3O. The van der Waals surface area contributed by atoms with Crippen molar-refractivity contribution >= 4 is 0 Å². The van der Waals surface area contributed by atoms with Crippen LogP contribution in [0.15, 0.2) is 0 Å². The summed E-state index contributed by atoms with van der Waals surface area (Å²) in [4.78, 5) is 8.18. The van der Waals surface area contributed by atoms with E-state index in [-0.39, 0.29) is 5.60 Å². The van der Waals surface area contributed by atoms with Gasteiger partial charge in [-0.15, -0.1) is 0 Å². The van der Waals surface area contributed by atoms with Gasteiger partial charge in [0.15, 0.2) is 0 Å². The number of ether oxygens (including phenoxy) is 1. The van der Waals surface area contributed by atoms with E-state index in [9.17, 15) is 0 Å². The van der Waals surface area contributed by atoms with E-state index in [2.05, 4.69) is 70.1 Å². The molecule has 4 heteroatoms. The van der Waals surface area contributed by atoms with Crippen LogP contribution in [-0.4, -0.2) is 83.3 Å². The van der Waals surface area contributed by atoms with Crippen molar-refractivity contribution in [3.8, 4) is 0 Å². The molecule has 3 aliphatic rings. The molecule has 0 spiro atoms. The van der Waals surface area contributed by atoms with Gasteiger partial charge in [0, 0.05) is 43.8 Å². The first-order chi connectivity index (χ1) is 13.3. The van der Waals surface area contributed by atoms with Gasteiger partial charge in [-0.05, 0) is 106 Å². The summed E-state index contributed by atoms with van der Waals surface area (Å²) < 4.78 is 6.12. The largest absolute Gasteiger partial charge is 0.373 e. The van der Waals surface area contributed by atoms with E-state index in [1.165, 1.54) is 71.5 Å². The van der Waals surface area contributed by atoms with Gasteiger partial charge in [-0.25, -0.2) is 0 Å². The third-order valence-corrected chi connectivity index (χ3v) is 7.86. The third-order valence-electron chi connectivity index (χ3n) is 7.86. The van der Waals surface area contributed by atoms with Crippen LogP contribution < -0.4 is 0 Å². The molecule has 0 N–H and O–H groups in total. The fraction of sp³-hybridized carbons (Fsp3) is 1.00. The molecule has 0 unspecified atom stereocenters. The Morgan fingerprint density at radius 2 is 1.24 bits per heavy atom. The highest BCUT2D eigenvalue weighted by Gasteiger charge is 2.40.